The zero-order valence-electron chi connectivity index (χ0n) is 17.8. The molecule has 3 rings (SSSR count). The van der Waals surface area contributed by atoms with E-state index in [0.29, 0.717) is 22.9 Å². The van der Waals surface area contributed by atoms with E-state index in [1.807, 2.05) is 36.4 Å². The highest BCUT2D eigenvalue weighted by Crippen LogP contribution is 2.25. The second-order valence-electron chi connectivity index (χ2n) is 7.54. The molecule has 0 saturated heterocycles. The highest BCUT2D eigenvalue weighted by molar-refractivity contribution is 7.93. The van der Waals surface area contributed by atoms with Crippen LogP contribution >= 0.6 is 0 Å². The summed E-state index contributed by atoms with van der Waals surface area (Å²) < 4.78 is 27.6. The van der Waals surface area contributed by atoms with Crippen molar-refractivity contribution >= 4 is 33.0 Å². The Balaban J connectivity index is 1.86. The van der Waals surface area contributed by atoms with Crippen LogP contribution in [0.4, 0.5) is 16.2 Å². The molecule has 3 aromatic carbocycles. The number of hydrogen-bond donors (Lipinski definition) is 1. The number of sulfonamides is 1. The molecule has 3 aromatic rings. The topological polar surface area (TPSA) is 66.5 Å². The summed E-state index contributed by atoms with van der Waals surface area (Å²) in [6, 6.07) is 24.8. The summed E-state index contributed by atoms with van der Waals surface area (Å²) in [5, 5.41) is 1.09. The van der Waals surface area contributed by atoms with E-state index in [2.05, 4.69) is 18.6 Å². The summed E-state index contributed by atoms with van der Waals surface area (Å²) in [6.45, 7) is 5.91. The molecular formula is C25H26N2O3S. The third kappa shape index (κ3) is 5.83. The SMILES string of the molecule is CC(=CS(=O)(=O)NC(=O)N(c1ccccc1)c1ccccc1)c1ccc(C(C)C)cc1. The van der Waals surface area contributed by atoms with Gasteiger partial charge in [0.1, 0.15) is 0 Å². The molecule has 1 N–H and O–H groups in total. The smallest absolute Gasteiger partial charge is 0.262 e. The van der Waals surface area contributed by atoms with E-state index in [1.165, 1.54) is 10.5 Å². The number of allylic oxidation sites excluding steroid dienone is 1. The predicted molar refractivity (Wildman–Crippen MR) is 127 cm³/mol. The fourth-order valence-electron chi connectivity index (χ4n) is 3.17. The van der Waals surface area contributed by atoms with Gasteiger partial charge in [0, 0.05) is 0 Å². The Kier molecular flexibility index (Phi) is 6.92. The fraction of sp³-hybridized carbons (Fsp3) is 0.160. The van der Waals surface area contributed by atoms with Crippen molar-refractivity contribution in [2.75, 3.05) is 4.90 Å². The first-order valence-corrected chi connectivity index (χ1v) is 11.6. The van der Waals surface area contributed by atoms with Gasteiger partial charge in [-0.1, -0.05) is 74.5 Å². The van der Waals surface area contributed by atoms with Gasteiger partial charge >= 0.3 is 6.03 Å². The second-order valence-corrected chi connectivity index (χ2v) is 9.07. The van der Waals surface area contributed by atoms with Crippen LogP contribution in [0.2, 0.25) is 0 Å². The van der Waals surface area contributed by atoms with Gasteiger partial charge in [-0.2, -0.15) is 0 Å². The third-order valence-electron chi connectivity index (χ3n) is 4.83. The van der Waals surface area contributed by atoms with Crippen LogP contribution < -0.4 is 9.62 Å². The van der Waals surface area contributed by atoms with Gasteiger partial charge in [-0.25, -0.2) is 17.9 Å². The molecule has 31 heavy (non-hydrogen) atoms. The van der Waals surface area contributed by atoms with Crippen molar-refractivity contribution in [3.63, 3.8) is 0 Å². The number of nitrogens with one attached hydrogen (secondary N) is 1. The molecule has 0 aromatic heterocycles. The summed E-state index contributed by atoms with van der Waals surface area (Å²) in [5.74, 6) is 0.392. The molecule has 0 saturated carbocycles. The Labute approximate surface area is 184 Å². The van der Waals surface area contributed by atoms with Crippen molar-refractivity contribution in [1.82, 2.24) is 4.72 Å². The largest absolute Gasteiger partial charge is 0.340 e. The summed E-state index contributed by atoms with van der Waals surface area (Å²) in [5.41, 5.74) is 3.62. The number of rotatable bonds is 6. The number of carbonyl (C=O) groups is 1. The van der Waals surface area contributed by atoms with Gasteiger partial charge in [-0.15, -0.1) is 0 Å². The molecule has 0 aliphatic rings. The van der Waals surface area contributed by atoms with Gasteiger partial charge in [0.05, 0.1) is 16.8 Å². The highest BCUT2D eigenvalue weighted by Gasteiger charge is 2.22. The van der Waals surface area contributed by atoms with Gasteiger partial charge in [0.2, 0.25) is 0 Å². The van der Waals surface area contributed by atoms with Crippen molar-refractivity contribution in [3.8, 4) is 0 Å². The first kappa shape index (κ1) is 22.3. The number of amides is 2. The third-order valence-corrected chi connectivity index (χ3v) is 5.95. The van der Waals surface area contributed by atoms with Crippen LogP contribution in [0.15, 0.2) is 90.3 Å². The monoisotopic (exact) mass is 434 g/mol. The van der Waals surface area contributed by atoms with Crippen molar-refractivity contribution < 1.29 is 13.2 Å². The first-order chi connectivity index (χ1) is 14.8. The molecule has 0 radical (unpaired) electrons. The minimum absolute atomic E-state index is 0.392. The van der Waals surface area contributed by atoms with E-state index < -0.39 is 16.1 Å². The minimum Gasteiger partial charge on any atom is -0.262 e. The molecule has 0 unspecified atom stereocenters. The van der Waals surface area contributed by atoms with Gasteiger partial charge in [0.25, 0.3) is 10.0 Å². The lowest BCUT2D eigenvalue weighted by Gasteiger charge is -2.23. The van der Waals surface area contributed by atoms with E-state index >= 15 is 0 Å². The summed E-state index contributed by atoms with van der Waals surface area (Å²) in [7, 11) is -4.02. The fourth-order valence-corrected chi connectivity index (χ4v) is 4.16. The normalized spacial score (nSPS) is 11.9. The first-order valence-electron chi connectivity index (χ1n) is 10.0. The van der Waals surface area contributed by atoms with Gasteiger partial charge in [0.15, 0.2) is 0 Å². The quantitative estimate of drug-likeness (QED) is 0.514. The van der Waals surface area contributed by atoms with Gasteiger partial charge in [-0.3, -0.25) is 4.90 Å². The lowest BCUT2D eigenvalue weighted by atomic mass is 10.00. The Morgan fingerprint density at radius 3 is 1.77 bits per heavy atom. The van der Waals surface area contributed by atoms with Crippen LogP contribution in [0.5, 0.6) is 0 Å². The molecule has 0 aliphatic heterocycles. The summed E-state index contributed by atoms with van der Waals surface area (Å²) >= 11 is 0. The summed E-state index contributed by atoms with van der Waals surface area (Å²) in [4.78, 5) is 14.3. The number of nitrogens with zero attached hydrogens (tertiary/aromatic N) is 1. The standard InChI is InChI=1S/C25H26N2O3S/c1-19(2)21-14-16-22(17-15-21)20(3)18-31(29,30)26-25(28)27(23-10-6-4-7-11-23)24-12-8-5-9-13-24/h4-19H,1-3H3,(H,26,28). The molecule has 2 amide bonds. The zero-order chi connectivity index (χ0) is 22.4. The molecule has 0 fully saturated rings. The number of carbonyl (C=O) groups excluding carboxylic acids is 1. The van der Waals surface area contributed by atoms with E-state index in [1.54, 1.807) is 55.5 Å². The minimum atomic E-state index is -4.02. The lowest BCUT2D eigenvalue weighted by molar-refractivity contribution is 0.253. The Hall–Kier alpha value is -3.38. The molecule has 0 spiro atoms. The Morgan fingerprint density at radius 1 is 0.839 bits per heavy atom. The molecule has 5 nitrogen and oxygen atoms in total. The van der Waals surface area contributed by atoms with Crippen molar-refractivity contribution in [3.05, 3.63) is 101 Å². The number of benzene rings is 3. The number of urea groups is 1. The van der Waals surface area contributed by atoms with Crippen LogP contribution in [0, 0.1) is 0 Å². The van der Waals surface area contributed by atoms with Gasteiger partial charge in [-0.05, 0) is 53.8 Å². The average Bonchev–Trinajstić information content (AvgIpc) is 2.74. The molecule has 0 aliphatic carbocycles. The number of hydrogen-bond acceptors (Lipinski definition) is 3. The highest BCUT2D eigenvalue weighted by atomic mass is 32.2. The van der Waals surface area contributed by atoms with Crippen LogP contribution in [0.25, 0.3) is 5.57 Å². The molecule has 160 valence electrons. The summed E-state index contributed by atoms with van der Waals surface area (Å²) in [6.07, 6.45) is 0. The van der Waals surface area contributed by atoms with E-state index in [9.17, 15) is 13.2 Å². The maximum atomic E-state index is 13.0. The zero-order valence-corrected chi connectivity index (χ0v) is 18.6. The van der Waals surface area contributed by atoms with Crippen LogP contribution in [-0.2, 0) is 10.0 Å². The van der Waals surface area contributed by atoms with Crippen LogP contribution in [0.1, 0.15) is 37.8 Å². The van der Waals surface area contributed by atoms with Crippen LogP contribution in [0.3, 0.4) is 0 Å². The maximum Gasteiger partial charge on any atom is 0.340 e. The molecule has 0 atom stereocenters. The van der Waals surface area contributed by atoms with Crippen LogP contribution in [-0.4, -0.2) is 14.4 Å². The predicted octanol–water partition coefficient (Wildman–Crippen LogP) is 6.05. The van der Waals surface area contributed by atoms with Crippen molar-refractivity contribution in [2.24, 2.45) is 0 Å². The van der Waals surface area contributed by atoms with E-state index in [4.69, 9.17) is 0 Å². The van der Waals surface area contributed by atoms with Gasteiger partial charge < -0.3 is 0 Å². The Bertz CT molecular complexity index is 1110. The molecule has 0 bridgehead atoms. The second kappa shape index (κ2) is 9.62. The lowest BCUT2D eigenvalue weighted by Crippen LogP contribution is -2.39. The van der Waals surface area contributed by atoms with E-state index in [-0.39, 0.29) is 0 Å². The number of para-hydroxylation sites is 2. The van der Waals surface area contributed by atoms with Crippen molar-refractivity contribution in [2.45, 2.75) is 26.7 Å². The number of anilines is 2. The molecule has 0 heterocycles. The van der Waals surface area contributed by atoms with Crippen molar-refractivity contribution in [1.29, 1.82) is 0 Å². The molecular weight excluding hydrogens is 408 g/mol. The average molecular weight is 435 g/mol. The Morgan fingerprint density at radius 2 is 1.32 bits per heavy atom. The molecule has 6 heteroatoms. The van der Waals surface area contributed by atoms with E-state index in [0.717, 1.165) is 11.0 Å². The maximum absolute atomic E-state index is 13.0.